The Morgan fingerprint density at radius 3 is 1.40 bits per heavy atom. The predicted molar refractivity (Wildman–Crippen MR) is 263 cm³/mol. The monoisotopic (exact) mass is 790 g/mol. The normalized spacial score (nSPS) is 11.2. The summed E-state index contributed by atoms with van der Waals surface area (Å²) in [5.74, 6) is 0. The molecule has 1 heterocycles. The van der Waals surface area contributed by atoms with E-state index in [4.69, 9.17) is 0 Å². The number of fused-ring (bicyclic) bond motifs is 3. The molecule has 0 amide bonds. The van der Waals surface area contributed by atoms with Gasteiger partial charge in [0.1, 0.15) is 0 Å². The molecule has 0 fully saturated rings. The molecule has 0 unspecified atom stereocenters. The molecule has 62 heavy (non-hydrogen) atoms. The highest BCUT2D eigenvalue weighted by Gasteiger charge is 2.22. The lowest BCUT2D eigenvalue weighted by Gasteiger charge is -2.29. The van der Waals surface area contributed by atoms with Crippen molar-refractivity contribution in [1.29, 1.82) is 0 Å². The maximum atomic E-state index is 2.46. The Labute approximate surface area is 362 Å². The molecule has 0 aliphatic carbocycles. The molecule has 0 N–H and O–H groups in total. The average molecular weight is 791 g/mol. The predicted octanol–water partition coefficient (Wildman–Crippen LogP) is 16.6. The van der Waals surface area contributed by atoms with Crippen molar-refractivity contribution in [2.45, 2.75) is 0 Å². The lowest BCUT2D eigenvalue weighted by Crippen LogP contribution is -2.12. The third kappa shape index (κ3) is 6.74. The van der Waals surface area contributed by atoms with E-state index in [9.17, 15) is 0 Å². The van der Waals surface area contributed by atoms with Gasteiger partial charge in [0.05, 0.1) is 22.4 Å². The largest absolute Gasteiger partial charge is 0.310 e. The van der Waals surface area contributed by atoms with Crippen LogP contribution in [0.3, 0.4) is 0 Å². The summed E-state index contributed by atoms with van der Waals surface area (Å²) in [6, 6.07) is 92.2. The third-order valence-electron chi connectivity index (χ3n) is 12.0. The summed E-state index contributed by atoms with van der Waals surface area (Å²) < 4.78 is 2.46. The van der Waals surface area contributed by atoms with Gasteiger partial charge in [0.2, 0.25) is 0 Å². The van der Waals surface area contributed by atoms with Crippen molar-refractivity contribution in [2.24, 2.45) is 0 Å². The Bertz CT molecular complexity index is 3310. The second-order valence-electron chi connectivity index (χ2n) is 15.7. The number of aromatic nitrogens is 1. The van der Waals surface area contributed by atoms with Gasteiger partial charge in [0, 0.05) is 33.3 Å². The topological polar surface area (TPSA) is 8.17 Å². The van der Waals surface area contributed by atoms with Crippen LogP contribution in [-0.2, 0) is 0 Å². The standard InChI is InChI=1S/C60H42N2/c1-5-19-43(20-6-1)44-33-35-48(36-34-44)53-28-13-16-30-57(53)61(49-37-39-51(45-21-7-2-8-22-45)56(41-49)47-25-11-4-12-26-47)50-38-40-55-54-29-15-18-32-59(54)62(60(55)42-50)58-31-17-14-27-52(58)46-23-9-3-10-24-46/h1-42H. The van der Waals surface area contributed by atoms with Crippen molar-refractivity contribution >= 4 is 38.9 Å². The van der Waals surface area contributed by atoms with E-state index in [2.05, 4.69) is 264 Å². The van der Waals surface area contributed by atoms with Crippen molar-refractivity contribution in [3.63, 3.8) is 0 Å². The van der Waals surface area contributed by atoms with Crippen LogP contribution in [0.2, 0.25) is 0 Å². The summed E-state index contributed by atoms with van der Waals surface area (Å²) in [4.78, 5) is 2.45. The lowest BCUT2D eigenvalue weighted by molar-refractivity contribution is 1.18. The van der Waals surface area contributed by atoms with E-state index in [0.29, 0.717) is 0 Å². The van der Waals surface area contributed by atoms with Crippen LogP contribution in [0.15, 0.2) is 255 Å². The van der Waals surface area contributed by atoms with Gasteiger partial charge in [0.25, 0.3) is 0 Å². The van der Waals surface area contributed by atoms with E-state index in [1.807, 2.05) is 0 Å². The summed E-state index contributed by atoms with van der Waals surface area (Å²) in [5, 5.41) is 2.43. The molecule has 1 aromatic heterocycles. The number of para-hydroxylation sites is 3. The van der Waals surface area contributed by atoms with Crippen LogP contribution in [0.5, 0.6) is 0 Å². The minimum atomic E-state index is 1.07. The smallest absolute Gasteiger partial charge is 0.0562 e. The quantitative estimate of drug-likeness (QED) is 0.141. The van der Waals surface area contributed by atoms with E-state index in [-0.39, 0.29) is 0 Å². The molecular formula is C60H42N2. The van der Waals surface area contributed by atoms with Crippen molar-refractivity contribution in [2.75, 3.05) is 4.90 Å². The van der Waals surface area contributed by atoms with Gasteiger partial charge in [-0.1, -0.05) is 212 Å². The summed E-state index contributed by atoms with van der Waals surface area (Å²) in [7, 11) is 0. The van der Waals surface area contributed by atoms with Crippen LogP contribution in [0.1, 0.15) is 0 Å². The van der Waals surface area contributed by atoms with Gasteiger partial charge in [0.15, 0.2) is 0 Å². The van der Waals surface area contributed by atoms with Crippen LogP contribution in [0.4, 0.5) is 17.1 Å². The van der Waals surface area contributed by atoms with E-state index in [1.54, 1.807) is 0 Å². The molecule has 2 nitrogen and oxygen atoms in total. The minimum Gasteiger partial charge on any atom is -0.310 e. The number of hydrogen-bond acceptors (Lipinski definition) is 1. The first-order valence-corrected chi connectivity index (χ1v) is 21.3. The molecule has 0 atom stereocenters. The van der Waals surface area contributed by atoms with Crippen molar-refractivity contribution < 1.29 is 0 Å². The molecule has 292 valence electrons. The van der Waals surface area contributed by atoms with Gasteiger partial charge >= 0.3 is 0 Å². The number of benzene rings is 10. The maximum Gasteiger partial charge on any atom is 0.0562 e. The Kier molecular flexibility index (Phi) is 9.57. The molecule has 0 spiro atoms. The Morgan fingerprint density at radius 2 is 0.710 bits per heavy atom. The van der Waals surface area contributed by atoms with Gasteiger partial charge in [-0.25, -0.2) is 0 Å². The fourth-order valence-electron chi connectivity index (χ4n) is 9.10. The van der Waals surface area contributed by atoms with E-state index in [0.717, 1.165) is 39.4 Å². The maximum absolute atomic E-state index is 2.46. The number of anilines is 3. The molecule has 11 aromatic rings. The molecule has 10 aromatic carbocycles. The van der Waals surface area contributed by atoms with E-state index < -0.39 is 0 Å². The Morgan fingerprint density at radius 1 is 0.258 bits per heavy atom. The zero-order valence-electron chi connectivity index (χ0n) is 34.1. The Balaban J connectivity index is 1.16. The zero-order chi connectivity index (χ0) is 41.2. The number of rotatable bonds is 9. The van der Waals surface area contributed by atoms with Gasteiger partial charge in [-0.15, -0.1) is 0 Å². The molecule has 0 aliphatic rings. The third-order valence-corrected chi connectivity index (χ3v) is 12.0. The summed E-state index contributed by atoms with van der Waals surface area (Å²) >= 11 is 0. The highest BCUT2D eigenvalue weighted by molar-refractivity contribution is 6.11. The molecule has 11 rings (SSSR count). The second kappa shape index (κ2) is 16.1. The van der Waals surface area contributed by atoms with Crippen LogP contribution in [0.25, 0.3) is 83.1 Å². The van der Waals surface area contributed by atoms with Crippen molar-refractivity contribution in [3.05, 3.63) is 255 Å². The summed E-state index contributed by atoms with van der Waals surface area (Å²) in [6.45, 7) is 0. The molecule has 0 radical (unpaired) electrons. The summed E-state index contributed by atoms with van der Waals surface area (Å²) in [6.07, 6.45) is 0. The molecule has 2 heteroatoms. The van der Waals surface area contributed by atoms with Crippen molar-refractivity contribution in [1.82, 2.24) is 4.57 Å². The second-order valence-corrected chi connectivity index (χ2v) is 15.7. The zero-order valence-corrected chi connectivity index (χ0v) is 34.1. The van der Waals surface area contributed by atoms with E-state index in [1.165, 1.54) is 60.8 Å². The Hall–Kier alpha value is -8.20. The first-order chi connectivity index (χ1) is 30.8. The average Bonchev–Trinajstić information content (AvgIpc) is 3.69. The summed E-state index contributed by atoms with van der Waals surface area (Å²) in [5.41, 5.74) is 18.5. The molecule has 0 saturated carbocycles. The van der Waals surface area contributed by atoms with Crippen LogP contribution in [-0.4, -0.2) is 4.57 Å². The van der Waals surface area contributed by atoms with Gasteiger partial charge < -0.3 is 9.47 Å². The SMILES string of the molecule is c1ccc(-c2ccc(-c3ccccc3N(c3ccc(-c4ccccc4)c(-c4ccccc4)c3)c3ccc4c5ccccc5n(-c5ccccc5-c5ccccc5)c4c3)cc2)cc1. The minimum absolute atomic E-state index is 1.07. The van der Waals surface area contributed by atoms with E-state index >= 15 is 0 Å². The molecule has 0 saturated heterocycles. The lowest BCUT2D eigenvalue weighted by atomic mass is 9.93. The highest BCUT2D eigenvalue weighted by Crippen LogP contribution is 2.46. The van der Waals surface area contributed by atoms with Crippen LogP contribution in [0, 0.1) is 0 Å². The van der Waals surface area contributed by atoms with Gasteiger partial charge in [-0.2, -0.15) is 0 Å². The molecular weight excluding hydrogens is 749 g/mol. The van der Waals surface area contributed by atoms with Crippen LogP contribution >= 0.6 is 0 Å². The molecule has 0 aliphatic heterocycles. The fraction of sp³-hybridized carbons (Fsp3) is 0. The molecule has 0 bridgehead atoms. The van der Waals surface area contributed by atoms with Crippen LogP contribution < -0.4 is 4.90 Å². The number of nitrogens with zero attached hydrogens (tertiary/aromatic N) is 2. The van der Waals surface area contributed by atoms with Gasteiger partial charge in [-0.05, 0) is 87.0 Å². The highest BCUT2D eigenvalue weighted by atomic mass is 15.1. The van der Waals surface area contributed by atoms with Gasteiger partial charge in [-0.3, -0.25) is 0 Å². The fourth-order valence-corrected chi connectivity index (χ4v) is 9.10. The number of hydrogen-bond donors (Lipinski definition) is 0. The first-order valence-electron chi connectivity index (χ1n) is 21.3. The first kappa shape index (κ1) is 36.8. The van der Waals surface area contributed by atoms with Crippen molar-refractivity contribution in [3.8, 4) is 61.3 Å².